The zero-order valence-electron chi connectivity index (χ0n) is 20.5. The van der Waals surface area contributed by atoms with Gasteiger partial charge in [-0.15, -0.1) is 0 Å². The molecule has 2 saturated heterocycles. The van der Waals surface area contributed by atoms with E-state index in [1.807, 2.05) is 6.07 Å². The molecular formula is C25H23F5N4O4S. The number of nitrogens with zero attached hydrogens (tertiary/aromatic N) is 3. The molecule has 0 radical (unpaired) electrons. The van der Waals surface area contributed by atoms with Crippen molar-refractivity contribution in [2.75, 3.05) is 19.6 Å². The SMILES string of the molecule is C[C@@H](NC(=O)[C@H]1CC(F)(F)CN1C(=O)c1cccc(S(=O)(=O)N2CC(C#N)C2)c1)c1ccc(C(F)(F)F)cc1. The molecule has 2 aromatic carbocycles. The van der Waals surface area contributed by atoms with Crippen LogP contribution in [-0.2, 0) is 21.0 Å². The number of nitriles is 1. The van der Waals surface area contributed by atoms with Crippen LogP contribution in [0.5, 0.6) is 0 Å². The lowest BCUT2D eigenvalue weighted by Gasteiger charge is -2.34. The number of sulfonamides is 1. The Bertz CT molecular complexity index is 1420. The van der Waals surface area contributed by atoms with Gasteiger partial charge >= 0.3 is 6.18 Å². The summed E-state index contributed by atoms with van der Waals surface area (Å²) in [6, 6.07) is 8.27. The quantitative estimate of drug-likeness (QED) is 0.534. The summed E-state index contributed by atoms with van der Waals surface area (Å²) >= 11 is 0. The van der Waals surface area contributed by atoms with E-state index in [0.29, 0.717) is 10.5 Å². The monoisotopic (exact) mass is 570 g/mol. The normalized spacial score (nSPS) is 20.6. The fourth-order valence-electron chi connectivity index (χ4n) is 4.44. The van der Waals surface area contributed by atoms with Crippen LogP contribution in [-0.4, -0.2) is 61.0 Å². The van der Waals surface area contributed by atoms with Gasteiger partial charge in [0.25, 0.3) is 11.8 Å². The molecule has 2 aliphatic heterocycles. The van der Waals surface area contributed by atoms with Gasteiger partial charge in [0.05, 0.1) is 35.0 Å². The smallest absolute Gasteiger partial charge is 0.348 e. The van der Waals surface area contributed by atoms with E-state index in [1.54, 1.807) is 0 Å². The van der Waals surface area contributed by atoms with Crippen molar-refractivity contribution < 1.29 is 40.0 Å². The molecule has 2 amide bonds. The van der Waals surface area contributed by atoms with Gasteiger partial charge in [0.2, 0.25) is 15.9 Å². The van der Waals surface area contributed by atoms with Crippen molar-refractivity contribution in [2.24, 2.45) is 5.92 Å². The minimum Gasteiger partial charge on any atom is -0.348 e. The Labute approximate surface area is 221 Å². The van der Waals surface area contributed by atoms with Gasteiger partial charge in [0.15, 0.2) is 0 Å². The molecule has 2 heterocycles. The second kappa shape index (κ2) is 10.2. The van der Waals surface area contributed by atoms with Gasteiger partial charge in [-0.2, -0.15) is 22.7 Å². The minimum absolute atomic E-state index is 0.00524. The lowest BCUT2D eigenvalue weighted by atomic mass is 10.0. The van der Waals surface area contributed by atoms with Crippen molar-refractivity contribution in [3.8, 4) is 6.07 Å². The molecule has 0 saturated carbocycles. The number of halogens is 5. The molecular weight excluding hydrogens is 547 g/mol. The molecule has 8 nitrogen and oxygen atoms in total. The van der Waals surface area contributed by atoms with E-state index < -0.39 is 70.5 Å². The second-order valence-corrected chi connectivity index (χ2v) is 11.5. The zero-order chi connectivity index (χ0) is 28.8. The van der Waals surface area contributed by atoms with Gasteiger partial charge in [-0.1, -0.05) is 18.2 Å². The van der Waals surface area contributed by atoms with Crippen LogP contribution in [0, 0.1) is 17.2 Å². The Morgan fingerprint density at radius 1 is 1.13 bits per heavy atom. The molecule has 2 fully saturated rings. The first-order valence-electron chi connectivity index (χ1n) is 11.8. The highest BCUT2D eigenvalue weighted by Gasteiger charge is 2.50. The number of likely N-dealkylation sites (tertiary alicyclic amines) is 1. The molecule has 0 spiro atoms. The maximum Gasteiger partial charge on any atom is 0.416 e. The van der Waals surface area contributed by atoms with Crippen LogP contribution < -0.4 is 5.32 Å². The predicted molar refractivity (Wildman–Crippen MR) is 127 cm³/mol. The summed E-state index contributed by atoms with van der Waals surface area (Å²) in [5.74, 6) is -5.76. The van der Waals surface area contributed by atoms with Crippen LogP contribution in [0.1, 0.15) is 40.9 Å². The molecule has 0 aliphatic carbocycles. The molecule has 0 aromatic heterocycles. The Morgan fingerprint density at radius 2 is 1.77 bits per heavy atom. The molecule has 2 atom stereocenters. The third-order valence-corrected chi connectivity index (χ3v) is 8.51. The number of carbonyl (C=O) groups excluding carboxylic acids is 2. The minimum atomic E-state index is -4.55. The van der Waals surface area contributed by atoms with Crippen molar-refractivity contribution in [1.82, 2.24) is 14.5 Å². The highest BCUT2D eigenvalue weighted by atomic mass is 32.2. The highest BCUT2D eigenvalue weighted by Crippen LogP contribution is 2.35. The fourth-order valence-corrected chi connectivity index (χ4v) is 6.02. The Hall–Kier alpha value is -3.57. The first-order chi connectivity index (χ1) is 18.1. The summed E-state index contributed by atoms with van der Waals surface area (Å²) in [6.07, 6.45) is -5.53. The van der Waals surface area contributed by atoms with E-state index in [0.717, 1.165) is 34.6 Å². The number of benzene rings is 2. The van der Waals surface area contributed by atoms with Gasteiger partial charge in [-0.05, 0) is 42.8 Å². The number of carbonyl (C=O) groups is 2. The lowest BCUT2D eigenvalue weighted by molar-refractivity contribution is -0.137. The van der Waals surface area contributed by atoms with Crippen LogP contribution in [0.25, 0.3) is 0 Å². The Morgan fingerprint density at radius 3 is 2.36 bits per heavy atom. The standard InChI is InChI=1S/C25H23F5N4O4S/c1-15(17-5-7-19(8-6-17)25(28,29)30)32-22(35)21-10-24(26,27)14-34(21)23(36)18-3-2-4-20(9-18)39(37,38)33-12-16(11-31)13-33/h2-9,15-16,21H,10,12-14H2,1H3,(H,32,35)/t15-,21-/m1/s1. The van der Waals surface area contributed by atoms with Gasteiger partial charge in [-0.3, -0.25) is 9.59 Å². The van der Waals surface area contributed by atoms with Crippen LogP contribution in [0.3, 0.4) is 0 Å². The molecule has 0 bridgehead atoms. The predicted octanol–water partition coefficient (Wildman–Crippen LogP) is 3.58. The third-order valence-electron chi connectivity index (χ3n) is 6.68. The van der Waals surface area contributed by atoms with E-state index in [2.05, 4.69) is 5.32 Å². The maximum absolute atomic E-state index is 14.4. The lowest BCUT2D eigenvalue weighted by Crippen LogP contribution is -2.49. The fraction of sp³-hybridized carbons (Fsp3) is 0.400. The molecule has 4 rings (SSSR count). The van der Waals surface area contributed by atoms with Crippen molar-refractivity contribution in [3.63, 3.8) is 0 Å². The summed E-state index contributed by atoms with van der Waals surface area (Å²) in [5.41, 5.74) is -0.818. The summed E-state index contributed by atoms with van der Waals surface area (Å²) in [4.78, 5) is 26.6. The Balaban J connectivity index is 1.51. The van der Waals surface area contributed by atoms with E-state index in [4.69, 9.17) is 5.26 Å². The maximum atomic E-state index is 14.4. The van der Waals surface area contributed by atoms with Gasteiger partial charge in [0, 0.05) is 25.1 Å². The molecule has 39 heavy (non-hydrogen) atoms. The number of rotatable bonds is 6. The van der Waals surface area contributed by atoms with E-state index >= 15 is 0 Å². The van der Waals surface area contributed by atoms with Crippen LogP contribution >= 0.6 is 0 Å². The first kappa shape index (κ1) is 28.4. The van der Waals surface area contributed by atoms with E-state index in [1.165, 1.54) is 25.1 Å². The molecule has 2 aliphatic rings. The van der Waals surface area contributed by atoms with Gasteiger partial charge in [0.1, 0.15) is 6.04 Å². The number of nitrogens with one attached hydrogen (secondary N) is 1. The molecule has 14 heteroatoms. The van der Waals surface area contributed by atoms with Gasteiger partial charge in [-0.25, -0.2) is 17.2 Å². The van der Waals surface area contributed by atoms with Crippen molar-refractivity contribution >= 4 is 21.8 Å². The third kappa shape index (κ3) is 5.89. The number of amides is 2. The van der Waals surface area contributed by atoms with E-state index in [-0.39, 0.29) is 23.5 Å². The second-order valence-electron chi connectivity index (χ2n) is 9.53. The number of alkyl halides is 5. The molecule has 1 N–H and O–H groups in total. The molecule has 2 aromatic rings. The average Bonchev–Trinajstić information content (AvgIpc) is 3.18. The average molecular weight is 571 g/mol. The van der Waals surface area contributed by atoms with Crippen LogP contribution in [0.15, 0.2) is 53.4 Å². The summed E-state index contributed by atoms with van der Waals surface area (Å²) < 4.78 is 94.0. The van der Waals surface area contributed by atoms with Crippen LogP contribution in [0.4, 0.5) is 22.0 Å². The summed E-state index contributed by atoms with van der Waals surface area (Å²) in [6.45, 7) is 0.371. The molecule has 208 valence electrons. The Kier molecular flexibility index (Phi) is 7.44. The number of hydrogen-bond acceptors (Lipinski definition) is 5. The van der Waals surface area contributed by atoms with Gasteiger partial charge < -0.3 is 10.2 Å². The van der Waals surface area contributed by atoms with Crippen molar-refractivity contribution in [1.29, 1.82) is 5.26 Å². The van der Waals surface area contributed by atoms with E-state index in [9.17, 15) is 40.0 Å². The summed E-state index contributed by atoms with van der Waals surface area (Å²) in [5, 5.41) is 11.4. The van der Waals surface area contributed by atoms with Crippen molar-refractivity contribution in [2.45, 2.75) is 42.4 Å². The topological polar surface area (TPSA) is 111 Å². The van der Waals surface area contributed by atoms with Crippen LogP contribution in [0.2, 0.25) is 0 Å². The molecule has 0 unspecified atom stereocenters. The summed E-state index contributed by atoms with van der Waals surface area (Å²) in [7, 11) is -4.02. The zero-order valence-corrected chi connectivity index (χ0v) is 21.3. The number of hydrogen-bond donors (Lipinski definition) is 1. The van der Waals surface area contributed by atoms with Crippen molar-refractivity contribution in [3.05, 3.63) is 65.2 Å². The largest absolute Gasteiger partial charge is 0.416 e. The highest BCUT2D eigenvalue weighted by molar-refractivity contribution is 7.89. The first-order valence-corrected chi connectivity index (χ1v) is 13.2.